The molecule has 1 fully saturated rings. The molecule has 0 aromatic carbocycles. The summed E-state index contributed by atoms with van der Waals surface area (Å²) in [5.74, 6) is 0.258. The molecule has 0 saturated carbocycles. The predicted molar refractivity (Wildman–Crippen MR) is 62.3 cm³/mol. The molecule has 0 unspecified atom stereocenters. The van der Waals surface area contributed by atoms with Crippen molar-refractivity contribution < 1.29 is 14.3 Å². The molecule has 1 aromatic rings. The van der Waals surface area contributed by atoms with Gasteiger partial charge in [-0.25, -0.2) is 9.78 Å². The van der Waals surface area contributed by atoms with Gasteiger partial charge < -0.3 is 20.2 Å². The Bertz CT molecular complexity index is 441. The minimum atomic E-state index is -0.509. The number of nitrogens with zero attached hydrogens (tertiary/aromatic N) is 1. The van der Waals surface area contributed by atoms with Crippen LogP contribution in [0.15, 0.2) is 6.58 Å². The van der Waals surface area contributed by atoms with Crippen molar-refractivity contribution in [3.8, 4) is 0 Å². The lowest BCUT2D eigenvalue weighted by Crippen LogP contribution is -2.24. The molecule has 2 heterocycles. The summed E-state index contributed by atoms with van der Waals surface area (Å²) >= 11 is 0. The first-order chi connectivity index (χ1) is 8.11. The average molecular weight is 237 g/mol. The van der Waals surface area contributed by atoms with Gasteiger partial charge in [-0.1, -0.05) is 13.5 Å². The van der Waals surface area contributed by atoms with Gasteiger partial charge in [-0.2, -0.15) is 0 Å². The number of nitrogens with one attached hydrogen (secondary N) is 1. The van der Waals surface area contributed by atoms with E-state index in [9.17, 15) is 4.79 Å². The Morgan fingerprint density at radius 1 is 1.71 bits per heavy atom. The molecular weight excluding hydrogens is 222 g/mol. The second-order valence-electron chi connectivity index (χ2n) is 4.04. The number of aromatic amines is 1. The second kappa shape index (κ2) is 4.58. The number of rotatable bonds is 3. The van der Waals surface area contributed by atoms with Crippen LogP contribution in [0.5, 0.6) is 0 Å². The Morgan fingerprint density at radius 3 is 3.00 bits per heavy atom. The van der Waals surface area contributed by atoms with Crippen molar-refractivity contribution in [1.29, 1.82) is 0 Å². The minimum Gasteiger partial charge on any atom is -0.455 e. The molecular formula is C11H15N3O3. The number of esters is 1. The largest absolute Gasteiger partial charge is 0.455 e. The number of imidazole rings is 1. The predicted octanol–water partition coefficient (Wildman–Crippen LogP) is 0.827. The minimum absolute atomic E-state index is 0.122. The van der Waals surface area contributed by atoms with Crippen LogP contribution in [0.2, 0.25) is 0 Å². The van der Waals surface area contributed by atoms with Gasteiger partial charge in [-0.05, 0) is 6.08 Å². The summed E-state index contributed by atoms with van der Waals surface area (Å²) in [6.07, 6.45) is 1.26. The highest BCUT2D eigenvalue weighted by atomic mass is 16.6. The highest BCUT2D eigenvalue weighted by Gasteiger charge is 2.29. The number of hydrogen-bond acceptors (Lipinski definition) is 5. The fourth-order valence-corrected chi connectivity index (χ4v) is 1.65. The fraction of sp³-hybridized carbons (Fsp3) is 0.455. The molecule has 0 spiro atoms. The zero-order chi connectivity index (χ0) is 12.4. The zero-order valence-corrected chi connectivity index (χ0v) is 9.60. The first-order valence-electron chi connectivity index (χ1n) is 5.38. The summed E-state index contributed by atoms with van der Waals surface area (Å²) in [4.78, 5) is 18.5. The van der Waals surface area contributed by atoms with Crippen molar-refractivity contribution in [3.05, 3.63) is 18.1 Å². The number of carbonyl (C=O) groups is 1. The third kappa shape index (κ3) is 2.31. The summed E-state index contributed by atoms with van der Waals surface area (Å²) in [5, 5.41) is 0. The van der Waals surface area contributed by atoms with E-state index in [0.29, 0.717) is 19.0 Å². The van der Waals surface area contributed by atoms with Crippen LogP contribution in [-0.4, -0.2) is 35.3 Å². The Morgan fingerprint density at radius 2 is 2.47 bits per heavy atom. The van der Waals surface area contributed by atoms with E-state index in [-0.39, 0.29) is 23.5 Å². The first kappa shape index (κ1) is 11.7. The van der Waals surface area contributed by atoms with Crippen LogP contribution in [-0.2, 0) is 9.47 Å². The normalized spacial score (nSPS) is 23.6. The Hall–Kier alpha value is -1.82. The maximum absolute atomic E-state index is 11.8. The van der Waals surface area contributed by atoms with Crippen LogP contribution >= 0.6 is 0 Å². The van der Waals surface area contributed by atoms with Gasteiger partial charge in [-0.15, -0.1) is 0 Å². The Balaban J connectivity index is 2.08. The van der Waals surface area contributed by atoms with Crippen molar-refractivity contribution >= 4 is 17.9 Å². The summed E-state index contributed by atoms with van der Waals surface area (Å²) in [5.41, 5.74) is 5.77. The maximum atomic E-state index is 11.8. The molecule has 0 bridgehead atoms. The molecule has 2 atom stereocenters. The lowest BCUT2D eigenvalue weighted by Gasteiger charge is -2.13. The third-order valence-corrected chi connectivity index (χ3v) is 2.70. The molecule has 1 aromatic heterocycles. The van der Waals surface area contributed by atoms with Crippen molar-refractivity contribution in [3.63, 3.8) is 0 Å². The molecule has 3 N–H and O–H groups in total. The van der Waals surface area contributed by atoms with Gasteiger partial charge in [0.1, 0.15) is 11.9 Å². The van der Waals surface area contributed by atoms with E-state index < -0.39 is 5.97 Å². The van der Waals surface area contributed by atoms with Crippen LogP contribution in [0.1, 0.15) is 23.2 Å². The molecule has 0 radical (unpaired) electrons. The van der Waals surface area contributed by atoms with Crippen LogP contribution in [0.4, 0.5) is 5.82 Å². The van der Waals surface area contributed by atoms with Crippen LogP contribution < -0.4 is 5.73 Å². The number of hydrogen-bond donors (Lipinski definition) is 2. The van der Waals surface area contributed by atoms with Crippen LogP contribution in [0, 0.1) is 5.92 Å². The third-order valence-electron chi connectivity index (χ3n) is 2.70. The Labute approximate surface area is 98.8 Å². The molecule has 0 aliphatic carbocycles. The quantitative estimate of drug-likeness (QED) is 0.760. The van der Waals surface area contributed by atoms with Gasteiger partial charge in [0.15, 0.2) is 11.5 Å². The van der Waals surface area contributed by atoms with E-state index in [4.69, 9.17) is 15.2 Å². The van der Waals surface area contributed by atoms with Gasteiger partial charge in [0.25, 0.3) is 0 Å². The van der Waals surface area contributed by atoms with Crippen molar-refractivity contribution in [2.24, 2.45) is 5.92 Å². The molecule has 2 rings (SSSR count). The highest BCUT2D eigenvalue weighted by Crippen LogP contribution is 2.19. The molecule has 17 heavy (non-hydrogen) atoms. The van der Waals surface area contributed by atoms with Crippen LogP contribution in [0.25, 0.3) is 6.08 Å². The van der Waals surface area contributed by atoms with E-state index >= 15 is 0 Å². The van der Waals surface area contributed by atoms with E-state index in [1.807, 2.05) is 6.92 Å². The average Bonchev–Trinajstić information content (AvgIpc) is 2.86. The summed E-state index contributed by atoms with van der Waals surface area (Å²) in [6, 6.07) is 0. The number of anilines is 1. The van der Waals surface area contributed by atoms with Gasteiger partial charge in [0.05, 0.1) is 13.2 Å². The van der Waals surface area contributed by atoms with Gasteiger partial charge in [0.2, 0.25) is 0 Å². The summed E-state index contributed by atoms with van der Waals surface area (Å²) in [7, 11) is 0. The topological polar surface area (TPSA) is 90.2 Å². The van der Waals surface area contributed by atoms with E-state index in [1.54, 1.807) is 0 Å². The van der Waals surface area contributed by atoms with E-state index in [2.05, 4.69) is 16.5 Å². The van der Waals surface area contributed by atoms with Crippen molar-refractivity contribution in [2.75, 3.05) is 18.9 Å². The van der Waals surface area contributed by atoms with E-state index in [1.165, 1.54) is 6.08 Å². The Kier molecular flexibility index (Phi) is 3.14. The SMILES string of the molecule is C=Cc1nc(N)c(C(=O)O[C@@H]2COC[C@H]2C)[nH]1. The lowest BCUT2D eigenvalue weighted by molar-refractivity contribution is 0.0207. The molecule has 6 heteroatoms. The molecule has 6 nitrogen and oxygen atoms in total. The lowest BCUT2D eigenvalue weighted by atomic mass is 10.1. The van der Waals surface area contributed by atoms with Gasteiger partial charge in [-0.3, -0.25) is 0 Å². The smallest absolute Gasteiger partial charge is 0.359 e. The van der Waals surface area contributed by atoms with Crippen molar-refractivity contribution in [2.45, 2.75) is 13.0 Å². The van der Waals surface area contributed by atoms with Gasteiger partial charge >= 0.3 is 5.97 Å². The molecule has 1 aliphatic heterocycles. The summed E-state index contributed by atoms with van der Waals surface area (Å²) in [6.45, 7) is 6.54. The fourth-order valence-electron chi connectivity index (χ4n) is 1.65. The second-order valence-corrected chi connectivity index (χ2v) is 4.04. The standard InChI is InChI=1S/C11H15N3O3/c1-3-8-13-9(10(12)14-8)11(15)17-7-5-16-4-6(7)2/h3,6-7H,1,4-5,12H2,2H3,(H,13,14)/t6-,7-/m1/s1. The zero-order valence-electron chi connectivity index (χ0n) is 9.60. The first-order valence-corrected chi connectivity index (χ1v) is 5.38. The molecule has 1 aliphatic rings. The number of nitrogen functional groups attached to an aromatic ring is 1. The molecule has 92 valence electrons. The van der Waals surface area contributed by atoms with E-state index in [0.717, 1.165) is 0 Å². The van der Waals surface area contributed by atoms with Crippen molar-refractivity contribution in [1.82, 2.24) is 9.97 Å². The molecule has 0 amide bonds. The monoisotopic (exact) mass is 237 g/mol. The maximum Gasteiger partial charge on any atom is 0.359 e. The molecule has 1 saturated heterocycles. The number of ether oxygens (including phenoxy) is 2. The highest BCUT2D eigenvalue weighted by molar-refractivity contribution is 5.92. The van der Waals surface area contributed by atoms with Gasteiger partial charge in [0, 0.05) is 5.92 Å². The number of nitrogens with two attached hydrogens (primary N) is 1. The summed E-state index contributed by atoms with van der Waals surface area (Å²) < 4.78 is 10.5. The number of carbonyl (C=O) groups excluding carboxylic acids is 1. The number of aromatic nitrogens is 2. The number of H-pyrrole nitrogens is 1. The van der Waals surface area contributed by atoms with Crippen LogP contribution in [0.3, 0.4) is 0 Å².